The fourth-order valence-corrected chi connectivity index (χ4v) is 4.15. The van der Waals surface area contributed by atoms with Gasteiger partial charge in [0.05, 0.1) is 17.7 Å². The highest BCUT2D eigenvalue weighted by Gasteiger charge is 2.21. The summed E-state index contributed by atoms with van der Waals surface area (Å²) < 4.78 is 38.6. The summed E-state index contributed by atoms with van der Waals surface area (Å²) >= 11 is 0. The van der Waals surface area contributed by atoms with E-state index in [0.717, 1.165) is 5.56 Å². The van der Waals surface area contributed by atoms with Gasteiger partial charge in [-0.2, -0.15) is 0 Å². The molecular weight excluding hydrogens is 404 g/mol. The van der Waals surface area contributed by atoms with Gasteiger partial charge in [-0.3, -0.25) is 4.79 Å². The zero-order valence-corrected chi connectivity index (χ0v) is 19.0. The molecule has 0 saturated heterocycles. The molecule has 0 aromatic heterocycles. The van der Waals surface area contributed by atoms with E-state index in [4.69, 9.17) is 9.47 Å². The molecule has 0 aliphatic rings. The van der Waals surface area contributed by atoms with Gasteiger partial charge in [0.15, 0.2) is 6.10 Å². The summed E-state index contributed by atoms with van der Waals surface area (Å²) in [4.78, 5) is 12.8. The van der Waals surface area contributed by atoms with Crippen molar-refractivity contribution in [1.82, 2.24) is 4.72 Å². The summed E-state index contributed by atoms with van der Waals surface area (Å²) in [5, 5.41) is 2.71. The van der Waals surface area contributed by atoms with Crippen LogP contribution in [0.25, 0.3) is 0 Å². The van der Waals surface area contributed by atoms with Gasteiger partial charge in [0, 0.05) is 6.04 Å². The Bertz CT molecular complexity index is 987. The molecule has 164 valence electrons. The molecule has 7 nitrogen and oxygen atoms in total. The Morgan fingerprint density at radius 1 is 0.967 bits per heavy atom. The van der Waals surface area contributed by atoms with E-state index in [0.29, 0.717) is 11.5 Å². The number of benzene rings is 2. The zero-order chi connectivity index (χ0) is 22.5. The third-order valence-corrected chi connectivity index (χ3v) is 6.00. The number of hydrogen-bond donors (Lipinski definition) is 2. The molecular formula is C22H30N2O5S. The van der Waals surface area contributed by atoms with Crippen LogP contribution < -0.4 is 19.5 Å². The molecule has 8 heteroatoms. The van der Waals surface area contributed by atoms with Crippen molar-refractivity contribution in [3.05, 3.63) is 48.0 Å². The quantitative estimate of drug-likeness (QED) is 0.624. The number of carbonyl (C=O) groups is 1. The van der Waals surface area contributed by atoms with Gasteiger partial charge in [-0.25, -0.2) is 13.1 Å². The average molecular weight is 435 g/mol. The van der Waals surface area contributed by atoms with E-state index in [1.54, 1.807) is 20.8 Å². The van der Waals surface area contributed by atoms with E-state index >= 15 is 0 Å². The molecule has 0 fully saturated rings. The second-order valence-corrected chi connectivity index (χ2v) is 9.29. The van der Waals surface area contributed by atoms with Gasteiger partial charge in [0.2, 0.25) is 10.0 Å². The van der Waals surface area contributed by atoms with Crippen LogP contribution in [0.3, 0.4) is 0 Å². The molecule has 0 heterocycles. The van der Waals surface area contributed by atoms with Crippen LogP contribution in [0.5, 0.6) is 11.5 Å². The molecule has 2 aromatic rings. The van der Waals surface area contributed by atoms with Crippen LogP contribution in [0.2, 0.25) is 0 Å². The number of para-hydroxylation sites is 1. The summed E-state index contributed by atoms with van der Waals surface area (Å²) in [6.07, 6.45) is -0.802. The molecule has 2 N–H and O–H groups in total. The van der Waals surface area contributed by atoms with Crippen LogP contribution >= 0.6 is 0 Å². The number of sulfonamides is 1. The third kappa shape index (κ3) is 5.96. The fraction of sp³-hybridized carbons (Fsp3) is 0.409. The molecule has 1 atom stereocenters. The lowest BCUT2D eigenvalue weighted by molar-refractivity contribution is -0.122. The minimum atomic E-state index is -3.71. The number of ether oxygens (including phenoxy) is 2. The second-order valence-electron chi connectivity index (χ2n) is 7.58. The molecule has 30 heavy (non-hydrogen) atoms. The molecule has 0 unspecified atom stereocenters. The third-order valence-electron chi connectivity index (χ3n) is 4.34. The standard InChI is InChI=1S/C22H30N2O5S/c1-14(2)18-9-7-8-10-20(18)29-16(5)22(25)23-19-13-17(11-12-21(19)28-6)30(26,27)24-15(3)4/h7-16,24H,1-6H3,(H,23,25)/t16-/m0/s1. The Kier molecular flexibility index (Phi) is 7.86. The topological polar surface area (TPSA) is 93.7 Å². The van der Waals surface area contributed by atoms with Crippen LogP contribution in [0.1, 0.15) is 46.1 Å². The summed E-state index contributed by atoms with van der Waals surface area (Å²) in [6, 6.07) is 11.6. The minimum Gasteiger partial charge on any atom is -0.495 e. The molecule has 0 spiro atoms. The van der Waals surface area contributed by atoms with Gasteiger partial charge in [-0.1, -0.05) is 32.0 Å². The van der Waals surface area contributed by atoms with Gasteiger partial charge >= 0.3 is 0 Å². The molecule has 0 radical (unpaired) electrons. The predicted molar refractivity (Wildman–Crippen MR) is 118 cm³/mol. The number of hydrogen-bond acceptors (Lipinski definition) is 5. The zero-order valence-electron chi connectivity index (χ0n) is 18.2. The number of anilines is 1. The number of carbonyl (C=O) groups excluding carboxylic acids is 1. The first-order valence-electron chi connectivity index (χ1n) is 9.82. The van der Waals surface area contributed by atoms with Gasteiger partial charge in [0.1, 0.15) is 11.5 Å². The Morgan fingerprint density at radius 3 is 2.23 bits per heavy atom. The first-order chi connectivity index (χ1) is 14.0. The summed E-state index contributed by atoms with van der Waals surface area (Å²) in [7, 11) is -2.27. The van der Waals surface area contributed by atoms with E-state index in [1.807, 2.05) is 24.3 Å². The molecule has 2 rings (SSSR count). The van der Waals surface area contributed by atoms with Crippen LogP contribution in [0.15, 0.2) is 47.4 Å². The van der Waals surface area contributed by atoms with Crippen molar-refractivity contribution in [1.29, 1.82) is 0 Å². The predicted octanol–water partition coefficient (Wildman–Crippen LogP) is 3.91. The Morgan fingerprint density at radius 2 is 1.63 bits per heavy atom. The van der Waals surface area contributed by atoms with Crippen LogP contribution in [-0.4, -0.2) is 33.6 Å². The lowest BCUT2D eigenvalue weighted by Crippen LogP contribution is -2.31. The Hall–Kier alpha value is -2.58. The van der Waals surface area contributed by atoms with E-state index in [9.17, 15) is 13.2 Å². The normalized spacial score (nSPS) is 12.7. The van der Waals surface area contributed by atoms with E-state index in [2.05, 4.69) is 23.9 Å². The molecule has 0 aliphatic heterocycles. The summed E-state index contributed by atoms with van der Waals surface area (Å²) in [6.45, 7) is 9.21. The van der Waals surface area contributed by atoms with Crippen molar-refractivity contribution < 1.29 is 22.7 Å². The fourth-order valence-electron chi connectivity index (χ4n) is 2.87. The van der Waals surface area contributed by atoms with Gasteiger partial charge in [0.25, 0.3) is 5.91 Å². The maximum Gasteiger partial charge on any atom is 0.265 e. The van der Waals surface area contributed by atoms with Crippen molar-refractivity contribution in [3.63, 3.8) is 0 Å². The number of rotatable bonds is 9. The minimum absolute atomic E-state index is 0.0334. The first-order valence-corrected chi connectivity index (χ1v) is 11.3. The van der Waals surface area contributed by atoms with Crippen molar-refractivity contribution in [2.75, 3.05) is 12.4 Å². The van der Waals surface area contributed by atoms with Gasteiger partial charge < -0.3 is 14.8 Å². The highest BCUT2D eigenvalue weighted by molar-refractivity contribution is 7.89. The van der Waals surface area contributed by atoms with Gasteiger partial charge in [-0.15, -0.1) is 0 Å². The first kappa shape index (κ1) is 23.7. The van der Waals surface area contributed by atoms with Crippen LogP contribution in [0, 0.1) is 0 Å². The lowest BCUT2D eigenvalue weighted by Gasteiger charge is -2.19. The molecule has 2 aromatic carbocycles. The molecule has 1 amide bonds. The lowest BCUT2D eigenvalue weighted by atomic mass is 10.0. The molecule has 0 aliphatic carbocycles. The average Bonchev–Trinajstić information content (AvgIpc) is 2.67. The maximum atomic E-state index is 12.7. The van der Waals surface area contributed by atoms with Gasteiger partial charge in [-0.05, 0) is 56.5 Å². The number of nitrogens with one attached hydrogen (secondary N) is 2. The molecule has 0 bridgehead atoms. The smallest absolute Gasteiger partial charge is 0.265 e. The highest BCUT2D eigenvalue weighted by atomic mass is 32.2. The van der Waals surface area contributed by atoms with E-state index in [1.165, 1.54) is 25.3 Å². The Balaban J connectivity index is 2.24. The van der Waals surface area contributed by atoms with Crippen LogP contribution in [-0.2, 0) is 14.8 Å². The SMILES string of the molecule is COc1ccc(S(=O)(=O)NC(C)C)cc1NC(=O)[C@H](C)Oc1ccccc1C(C)C. The van der Waals surface area contributed by atoms with E-state index < -0.39 is 22.0 Å². The largest absolute Gasteiger partial charge is 0.495 e. The van der Waals surface area contributed by atoms with E-state index in [-0.39, 0.29) is 22.5 Å². The second kappa shape index (κ2) is 9.95. The highest BCUT2D eigenvalue weighted by Crippen LogP contribution is 2.29. The van der Waals surface area contributed by atoms with Crippen molar-refractivity contribution >= 4 is 21.6 Å². The van der Waals surface area contributed by atoms with Crippen molar-refractivity contribution in [2.45, 2.75) is 57.6 Å². The maximum absolute atomic E-state index is 12.7. The van der Waals surface area contributed by atoms with Crippen LogP contribution in [0.4, 0.5) is 5.69 Å². The Labute approximate surface area is 178 Å². The van der Waals surface area contributed by atoms with Crippen molar-refractivity contribution in [2.24, 2.45) is 0 Å². The number of amides is 1. The monoisotopic (exact) mass is 434 g/mol. The van der Waals surface area contributed by atoms with Crippen molar-refractivity contribution in [3.8, 4) is 11.5 Å². The summed E-state index contributed by atoms with van der Waals surface area (Å²) in [5.74, 6) is 0.811. The summed E-state index contributed by atoms with van der Waals surface area (Å²) in [5.41, 5.74) is 1.25. The number of methoxy groups -OCH3 is 1. The molecule has 0 saturated carbocycles.